The molecule has 0 saturated carbocycles. The van der Waals surface area contributed by atoms with Crippen molar-refractivity contribution in [3.63, 3.8) is 0 Å². The molecule has 1 heterocycles. The minimum atomic E-state index is -0.649. The maximum Gasteiger partial charge on any atom is 0.325 e. The van der Waals surface area contributed by atoms with Gasteiger partial charge < -0.3 is 4.90 Å². The minimum absolute atomic E-state index is 0.247. The van der Waals surface area contributed by atoms with Crippen LogP contribution in [0.25, 0.3) is 0 Å². The first-order valence-electron chi connectivity index (χ1n) is 6.56. The van der Waals surface area contributed by atoms with Crippen molar-refractivity contribution in [3.05, 3.63) is 71.5 Å². The van der Waals surface area contributed by atoms with Crippen LogP contribution in [0.4, 0.5) is 9.18 Å². The summed E-state index contributed by atoms with van der Waals surface area (Å²) in [5.74, 6) is -0.673. The summed E-state index contributed by atoms with van der Waals surface area (Å²) in [5, 5.41) is 2.32. The number of carbonyl (C=O) groups is 2. The predicted molar refractivity (Wildman–Crippen MR) is 74.7 cm³/mol. The van der Waals surface area contributed by atoms with Crippen molar-refractivity contribution in [2.45, 2.75) is 12.6 Å². The maximum absolute atomic E-state index is 12.9. The van der Waals surface area contributed by atoms with Crippen molar-refractivity contribution < 1.29 is 14.0 Å². The molecule has 0 bridgehead atoms. The van der Waals surface area contributed by atoms with Crippen molar-refractivity contribution in [2.24, 2.45) is 0 Å². The van der Waals surface area contributed by atoms with Crippen LogP contribution in [0.5, 0.6) is 0 Å². The quantitative estimate of drug-likeness (QED) is 0.881. The average Bonchev–Trinajstić information content (AvgIpc) is 2.76. The summed E-state index contributed by atoms with van der Waals surface area (Å²) in [4.78, 5) is 25.4. The Morgan fingerprint density at radius 3 is 2.33 bits per heavy atom. The second-order valence-corrected chi connectivity index (χ2v) is 4.86. The molecule has 21 heavy (non-hydrogen) atoms. The van der Waals surface area contributed by atoms with Gasteiger partial charge in [-0.1, -0.05) is 42.5 Å². The van der Waals surface area contributed by atoms with E-state index in [0.717, 1.165) is 11.1 Å². The normalized spacial score (nSPS) is 18.0. The summed E-state index contributed by atoms with van der Waals surface area (Å²) >= 11 is 0. The molecular formula is C16H13FN2O2. The number of nitrogens with zero attached hydrogens (tertiary/aromatic N) is 1. The molecule has 5 heteroatoms. The highest BCUT2D eigenvalue weighted by atomic mass is 19.1. The summed E-state index contributed by atoms with van der Waals surface area (Å²) in [6.07, 6.45) is 0. The zero-order valence-electron chi connectivity index (χ0n) is 11.1. The predicted octanol–water partition coefficient (Wildman–Crippen LogP) is 2.62. The molecule has 3 amide bonds. The smallest absolute Gasteiger partial charge is 0.304 e. The van der Waals surface area contributed by atoms with Crippen LogP contribution in [0, 0.1) is 5.82 Å². The molecule has 2 aromatic carbocycles. The lowest BCUT2D eigenvalue weighted by Crippen LogP contribution is -2.29. The summed E-state index contributed by atoms with van der Waals surface area (Å²) in [6, 6.07) is 13.9. The number of halogens is 1. The Kier molecular flexibility index (Phi) is 3.39. The topological polar surface area (TPSA) is 49.4 Å². The Morgan fingerprint density at radius 2 is 1.67 bits per heavy atom. The fourth-order valence-corrected chi connectivity index (χ4v) is 2.42. The highest BCUT2D eigenvalue weighted by Crippen LogP contribution is 2.27. The third-order valence-corrected chi connectivity index (χ3v) is 3.43. The molecule has 106 valence electrons. The van der Waals surface area contributed by atoms with Crippen LogP contribution in [0.1, 0.15) is 17.2 Å². The second kappa shape index (κ2) is 5.36. The number of urea groups is 1. The Balaban J connectivity index is 1.89. The molecule has 0 aliphatic carbocycles. The van der Waals surface area contributed by atoms with Gasteiger partial charge in [0.2, 0.25) is 0 Å². The molecule has 1 N–H and O–H groups in total. The molecule has 1 aliphatic heterocycles. The van der Waals surface area contributed by atoms with Crippen molar-refractivity contribution in [3.8, 4) is 0 Å². The van der Waals surface area contributed by atoms with E-state index in [-0.39, 0.29) is 18.3 Å². The number of hydrogen-bond acceptors (Lipinski definition) is 2. The highest BCUT2D eigenvalue weighted by molar-refractivity contribution is 6.04. The Bertz CT molecular complexity index is 670. The Morgan fingerprint density at radius 1 is 1.00 bits per heavy atom. The van der Waals surface area contributed by atoms with Crippen LogP contribution >= 0.6 is 0 Å². The van der Waals surface area contributed by atoms with Gasteiger partial charge in [0.15, 0.2) is 0 Å². The minimum Gasteiger partial charge on any atom is -0.304 e. The van der Waals surface area contributed by atoms with Gasteiger partial charge in [0.1, 0.15) is 11.9 Å². The molecule has 3 rings (SSSR count). The summed E-state index contributed by atoms with van der Waals surface area (Å²) in [5.41, 5.74) is 1.52. The number of imide groups is 1. The molecule has 1 saturated heterocycles. The van der Waals surface area contributed by atoms with Crippen LogP contribution in [-0.2, 0) is 11.3 Å². The summed E-state index contributed by atoms with van der Waals surface area (Å²) in [6.45, 7) is 0.247. The van der Waals surface area contributed by atoms with E-state index in [1.165, 1.54) is 17.0 Å². The number of amides is 3. The summed E-state index contributed by atoms with van der Waals surface area (Å²) < 4.78 is 12.9. The molecule has 0 radical (unpaired) electrons. The largest absolute Gasteiger partial charge is 0.325 e. The first kappa shape index (κ1) is 13.3. The second-order valence-electron chi connectivity index (χ2n) is 4.86. The molecular weight excluding hydrogens is 271 g/mol. The number of rotatable bonds is 3. The number of benzene rings is 2. The van der Waals surface area contributed by atoms with Crippen molar-refractivity contribution in [2.75, 3.05) is 0 Å². The standard InChI is InChI=1S/C16H13FN2O2/c17-13-8-6-11(7-9-13)10-19-14(15(20)18-16(19)21)12-4-2-1-3-5-12/h1-9,14H,10H2,(H,18,20,21). The first-order valence-corrected chi connectivity index (χ1v) is 6.56. The molecule has 1 aliphatic rings. The van der Waals surface area contributed by atoms with Gasteiger partial charge in [0, 0.05) is 6.54 Å². The zero-order valence-corrected chi connectivity index (χ0v) is 11.1. The molecule has 1 atom stereocenters. The van der Waals surface area contributed by atoms with E-state index in [2.05, 4.69) is 5.32 Å². The van der Waals surface area contributed by atoms with Crippen LogP contribution in [0.15, 0.2) is 54.6 Å². The van der Waals surface area contributed by atoms with E-state index in [1.807, 2.05) is 18.2 Å². The third kappa shape index (κ3) is 2.63. The van der Waals surface area contributed by atoms with Gasteiger partial charge in [-0.3, -0.25) is 10.1 Å². The lowest BCUT2D eigenvalue weighted by Gasteiger charge is -2.22. The lowest BCUT2D eigenvalue weighted by atomic mass is 10.1. The van der Waals surface area contributed by atoms with Gasteiger partial charge in [0.25, 0.3) is 5.91 Å². The molecule has 1 unspecified atom stereocenters. The fourth-order valence-electron chi connectivity index (χ4n) is 2.42. The van der Waals surface area contributed by atoms with E-state index in [0.29, 0.717) is 0 Å². The van der Waals surface area contributed by atoms with Crippen LogP contribution < -0.4 is 5.32 Å². The van der Waals surface area contributed by atoms with Gasteiger partial charge in [-0.2, -0.15) is 0 Å². The van der Waals surface area contributed by atoms with Gasteiger partial charge in [-0.05, 0) is 23.3 Å². The monoisotopic (exact) mass is 284 g/mol. The molecule has 0 spiro atoms. The third-order valence-electron chi connectivity index (χ3n) is 3.43. The van der Waals surface area contributed by atoms with E-state index >= 15 is 0 Å². The number of carbonyl (C=O) groups excluding carboxylic acids is 2. The van der Waals surface area contributed by atoms with Crippen molar-refractivity contribution in [1.29, 1.82) is 0 Å². The molecule has 1 fully saturated rings. The van der Waals surface area contributed by atoms with Gasteiger partial charge in [-0.25, -0.2) is 9.18 Å². The van der Waals surface area contributed by atoms with Crippen LogP contribution in [-0.4, -0.2) is 16.8 Å². The van der Waals surface area contributed by atoms with E-state index in [4.69, 9.17) is 0 Å². The SMILES string of the molecule is O=C1NC(=O)N(Cc2ccc(F)cc2)C1c1ccccc1. The maximum atomic E-state index is 12.9. The van der Waals surface area contributed by atoms with E-state index in [1.54, 1.807) is 24.3 Å². The van der Waals surface area contributed by atoms with E-state index < -0.39 is 12.1 Å². The van der Waals surface area contributed by atoms with Crippen LogP contribution in [0.2, 0.25) is 0 Å². The van der Waals surface area contributed by atoms with Gasteiger partial charge in [0.05, 0.1) is 0 Å². The van der Waals surface area contributed by atoms with Gasteiger partial charge >= 0.3 is 6.03 Å². The molecule has 0 aromatic heterocycles. The lowest BCUT2D eigenvalue weighted by molar-refractivity contribution is -0.121. The van der Waals surface area contributed by atoms with E-state index in [9.17, 15) is 14.0 Å². The van der Waals surface area contributed by atoms with Crippen molar-refractivity contribution >= 4 is 11.9 Å². The van der Waals surface area contributed by atoms with Crippen LogP contribution in [0.3, 0.4) is 0 Å². The zero-order chi connectivity index (χ0) is 14.8. The number of nitrogens with one attached hydrogen (secondary N) is 1. The Labute approximate surface area is 121 Å². The fraction of sp³-hybridized carbons (Fsp3) is 0.125. The number of hydrogen-bond donors (Lipinski definition) is 1. The first-order chi connectivity index (χ1) is 10.1. The highest BCUT2D eigenvalue weighted by Gasteiger charge is 2.39. The molecule has 2 aromatic rings. The molecule has 4 nitrogen and oxygen atoms in total. The van der Waals surface area contributed by atoms with Crippen molar-refractivity contribution in [1.82, 2.24) is 10.2 Å². The average molecular weight is 284 g/mol. The van der Waals surface area contributed by atoms with Gasteiger partial charge in [-0.15, -0.1) is 0 Å². The Hall–Kier alpha value is -2.69. The summed E-state index contributed by atoms with van der Waals surface area (Å²) in [7, 11) is 0.